The van der Waals surface area contributed by atoms with E-state index >= 15 is 0 Å². The first-order valence-electron chi connectivity index (χ1n) is 15.6. The van der Waals surface area contributed by atoms with Crippen molar-refractivity contribution in [3.8, 4) is 11.5 Å². The minimum absolute atomic E-state index is 0.0274. The summed E-state index contributed by atoms with van der Waals surface area (Å²) in [5.74, 6) is 2.13. The quantitative estimate of drug-likeness (QED) is 0.322. The SMILES string of the molecule is COCCCN1CCOc2ccc(COC3CNCCC3c3ccc(C(=O)N4CCC(Oc5ccccc5)C4)cc3)cc21. The van der Waals surface area contributed by atoms with Crippen molar-refractivity contribution in [1.82, 2.24) is 10.2 Å². The van der Waals surface area contributed by atoms with Crippen LogP contribution in [0, 0.1) is 0 Å². The van der Waals surface area contributed by atoms with Crippen LogP contribution in [0.5, 0.6) is 11.5 Å². The topological polar surface area (TPSA) is 72.5 Å². The molecule has 0 aliphatic carbocycles. The molecule has 6 rings (SSSR count). The van der Waals surface area contributed by atoms with Crippen LogP contribution in [0.25, 0.3) is 0 Å². The van der Waals surface area contributed by atoms with Gasteiger partial charge in [-0.1, -0.05) is 36.4 Å². The first kappa shape index (κ1) is 29.5. The van der Waals surface area contributed by atoms with Gasteiger partial charge < -0.3 is 34.1 Å². The van der Waals surface area contributed by atoms with Crippen LogP contribution >= 0.6 is 0 Å². The number of carbonyl (C=O) groups excluding carboxylic acids is 1. The van der Waals surface area contributed by atoms with Crippen molar-refractivity contribution in [3.05, 3.63) is 89.5 Å². The molecule has 0 bridgehead atoms. The molecule has 1 N–H and O–H groups in total. The number of nitrogens with zero attached hydrogens (tertiary/aromatic N) is 2. The van der Waals surface area contributed by atoms with Crippen LogP contribution < -0.4 is 19.7 Å². The number of hydrogen-bond donors (Lipinski definition) is 1. The predicted molar refractivity (Wildman–Crippen MR) is 167 cm³/mol. The number of para-hydroxylation sites is 1. The number of benzene rings is 3. The molecule has 8 nitrogen and oxygen atoms in total. The van der Waals surface area contributed by atoms with Gasteiger partial charge in [0.2, 0.25) is 0 Å². The number of hydrogen-bond acceptors (Lipinski definition) is 7. The van der Waals surface area contributed by atoms with Crippen LogP contribution in [0.3, 0.4) is 0 Å². The van der Waals surface area contributed by atoms with Crippen LogP contribution in [-0.4, -0.2) is 82.6 Å². The number of rotatable bonds is 11. The molecule has 3 atom stereocenters. The largest absolute Gasteiger partial charge is 0.490 e. The van der Waals surface area contributed by atoms with Crippen molar-refractivity contribution >= 4 is 11.6 Å². The van der Waals surface area contributed by atoms with Gasteiger partial charge in [-0.2, -0.15) is 0 Å². The van der Waals surface area contributed by atoms with Crippen LogP contribution in [0.15, 0.2) is 72.8 Å². The third-order valence-electron chi connectivity index (χ3n) is 8.71. The fourth-order valence-electron chi connectivity index (χ4n) is 6.39. The highest BCUT2D eigenvalue weighted by Gasteiger charge is 2.30. The molecule has 3 aliphatic heterocycles. The van der Waals surface area contributed by atoms with Gasteiger partial charge in [0, 0.05) is 51.3 Å². The second-order valence-electron chi connectivity index (χ2n) is 11.6. The zero-order chi connectivity index (χ0) is 29.4. The fourth-order valence-corrected chi connectivity index (χ4v) is 6.39. The molecule has 0 saturated carbocycles. The zero-order valence-corrected chi connectivity index (χ0v) is 25.1. The number of methoxy groups -OCH3 is 1. The zero-order valence-electron chi connectivity index (χ0n) is 25.1. The van der Waals surface area contributed by atoms with E-state index in [9.17, 15) is 4.79 Å². The van der Waals surface area contributed by atoms with Gasteiger partial charge >= 0.3 is 0 Å². The molecule has 0 aromatic heterocycles. The lowest BCUT2D eigenvalue weighted by atomic mass is 9.87. The molecular weight excluding hydrogens is 542 g/mol. The lowest BCUT2D eigenvalue weighted by molar-refractivity contribution is 0.0106. The van der Waals surface area contributed by atoms with E-state index in [0.29, 0.717) is 26.3 Å². The van der Waals surface area contributed by atoms with E-state index in [1.807, 2.05) is 47.4 Å². The van der Waals surface area contributed by atoms with Crippen molar-refractivity contribution in [3.63, 3.8) is 0 Å². The molecule has 8 heteroatoms. The summed E-state index contributed by atoms with van der Waals surface area (Å²) in [5.41, 5.74) is 4.23. The molecule has 0 spiro atoms. The molecular formula is C35H43N3O5. The number of amides is 1. The van der Waals surface area contributed by atoms with Gasteiger partial charge in [0.1, 0.15) is 24.2 Å². The highest BCUT2D eigenvalue weighted by molar-refractivity contribution is 5.94. The Morgan fingerprint density at radius 1 is 1.02 bits per heavy atom. The predicted octanol–water partition coefficient (Wildman–Crippen LogP) is 4.88. The fraction of sp³-hybridized carbons (Fsp3) is 0.457. The van der Waals surface area contributed by atoms with Gasteiger partial charge in [-0.3, -0.25) is 4.79 Å². The molecule has 43 heavy (non-hydrogen) atoms. The summed E-state index contributed by atoms with van der Waals surface area (Å²) < 4.78 is 23.8. The summed E-state index contributed by atoms with van der Waals surface area (Å²) in [7, 11) is 1.75. The molecule has 2 fully saturated rings. The van der Waals surface area contributed by atoms with Crippen molar-refractivity contribution in [2.75, 3.05) is 64.5 Å². The van der Waals surface area contributed by atoms with Crippen LogP contribution in [0.2, 0.25) is 0 Å². The van der Waals surface area contributed by atoms with Gasteiger partial charge in [-0.15, -0.1) is 0 Å². The summed E-state index contributed by atoms with van der Waals surface area (Å²) in [6, 6.07) is 24.4. The van der Waals surface area contributed by atoms with Gasteiger partial charge in [-0.05, 0) is 66.9 Å². The molecule has 3 aromatic carbocycles. The van der Waals surface area contributed by atoms with E-state index < -0.39 is 0 Å². The molecule has 3 unspecified atom stereocenters. The highest BCUT2D eigenvalue weighted by atomic mass is 16.5. The molecule has 3 aliphatic rings. The van der Waals surface area contributed by atoms with Gasteiger partial charge in [-0.25, -0.2) is 0 Å². The Morgan fingerprint density at radius 2 is 1.88 bits per heavy atom. The maximum Gasteiger partial charge on any atom is 0.253 e. The third kappa shape index (κ3) is 7.32. The Bertz CT molecular complexity index is 1340. The second-order valence-corrected chi connectivity index (χ2v) is 11.6. The van der Waals surface area contributed by atoms with Gasteiger partial charge in [0.25, 0.3) is 5.91 Å². The molecule has 1 amide bonds. The number of piperidine rings is 1. The van der Waals surface area contributed by atoms with Crippen molar-refractivity contribution < 1.29 is 23.7 Å². The summed E-state index contributed by atoms with van der Waals surface area (Å²) in [6.07, 6.45) is 2.90. The van der Waals surface area contributed by atoms with E-state index in [1.165, 1.54) is 5.56 Å². The molecule has 228 valence electrons. The number of fused-ring (bicyclic) bond motifs is 1. The standard InChI is InChI=1S/C35H43N3O5/c1-40-20-5-17-37-19-21-41-33-13-8-26(22-32(33)37)25-42-34-23-36-16-14-31(34)27-9-11-28(12-10-27)35(39)38-18-15-30(24-38)43-29-6-3-2-4-7-29/h2-4,6-13,22,30-31,34,36H,5,14-21,23-25H2,1H3. The number of anilines is 1. The summed E-state index contributed by atoms with van der Waals surface area (Å²) in [5, 5.41) is 3.51. The van der Waals surface area contributed by atoms with Crippen LogP contribution in [0.4, 0.5) is 5.69 Å². The first-order valence-corrected chi connectivity index (χ1v) is 15.6. The number of ether oxygens (including phenoxy) is 4. The Hall–Kier alpha value is -3.59. The number of carbonyl (C=O) groups is 1. The van der Waals surface area contributed by atoms with Crippen LogP contribution in [-0.2, 0) is 16.1 Å². The van der Waals surface area contributed by atoms with E-state index in [4.69, 9.17) is 18.9 Å². The molecule has 0 radical (unpaired) electrons. The average Bonchev–Trinajstić information content (AvgIpc) is 3.53. The minimum Gasteiger partial charge on any atom is -0.490 e. The lowest BCUT2D eigenvalue weighted by Gasteiger charge is -2.33. The van der Waals surface area contributed by atoms with Crippen molar-refractivity contribution in [2.45, 2.75) is 44.0 Å². The summed E-state index contributed by atoms with van der Waals surface area (Å²) in [4.78, 5) is 17.6. The first-order chi connectivity index (χ1) is 21.2. The normalized spacial score (nSPS) is 21.7. The minimum atomic E-state index is 0.0274. The Labute approximate surface area is 254 Å². The summed E-state index contributed by atoms with van der Waals surface area (Å²) >= 11 is 0. The van der Waals surface area contributed by atoms with Crippen LogP contribution in [0.1, 0.15) is 46.7 Å². The Morgan fingerprint density at radius 3 is 2.72 bits per heavy atom. The smallest absolute Gasteiger partial charge is 0.253 e. The lowest BCUT2D eigenvalue weighted by Crippen LogP contribution is -2.41. The van der Waals surface area contributed by atoms with Gasteiger partial charge in [0.15, 0.2) is 0 Å². The maximum atomic E-state index is 13.3. The van der Waals surface area contributed by atoms with Crippen molar-refractivity contribution in [2.24, 2.45) is 0 Å². The van der Waals surface area contributed by atoms with Crippen molar-refractivity contribution in [1.29, 1.82) is 0 Å². The average molecular weight is 586 g/mol. The third-order valence-corrected chi connectivity index (χ3v) is 8.71. The van der Waals surface area contributed by atoms with E-state index in [-0.39, 0.29) is 24.0 Å². The Balaban J connectivity index is 1.05. The van der Waals surface area contributed by atoms with E-state index in [1.54, 1.807) is 7.11 Å². The molecule has 3 aromatic rings. The maximum absolute atomic E-state index is 13.3. The molecule has 3 heterocycles. The van der Waals surface area contributed by atoms with E-state index in [0.717, 1.165) is 80.4 Å². The Kier molecular flexibility index (Phi) is 9.77. The summed E-state index contributed by atoms with van der Waals surface area (Å²) in [6.45, 7) is 6.91. The number of likely N-dealkylation sites (tertiary alicyclic amines) is 1. The van der Waals surface area contributed by atoms with E-state index in [2.05, 4.69) is 40.5 Å². The number of nitrogens with one attached hydrogen (secondary N) is 1. The second kappa shape index (κ2) is 14.3. The highest BCUT2D eigenvalue weighted by Crippen LogP contribution is 2.34. The monoisotopic (exact) mass is 585 g/mol. The molecule has 2 saturated heterocycles. The van der Waals surface area contributed by atoms with Gasteiger partial charge in [0.05, 0.1) is 31.5 Å².